The molecule has 0 aromatic rings. The summed E-state index contributed by atoms with van der Waals surface area (Å²) >= 11 is 0. The summed E-state index contributed by atoms with van der Waals surface area (Å²) in [5.74, 6) is 0.132. The highest BCUT2D eigenvalue weighted by molar-refractivity contribution is 5.69. The van der Waals surface area contributed by atoms with Gasteiger partial charge in [0.1, 0.15) is 12.2 Å². The number of carbonyl (C=O) groups is 1. The average Bonchev–Trinajstić information content (AvgIpc) is 3.28. The fourth-order valence-electron chi connectivity index (χ4n) is 6.13. The first-order valence-electron chi connectivity index (χ1n) is 16.4. The Morgan fingerprint density at radius 1 is 1.05 bits per heavy atom. The van der Waals surface area contributed by atoms with Gasteiger partial charge in [0, 0.05) is 18.3 Å². The lowest BCUT2D eigenvalue weighted by Gasteiger charge is -2.34. The van der Waals surface area contributed by atoms with Crippen LogP contribution in [0.15, 0.2) is 48.1 Å². The molecule has 0 radical (unpaired) electrons. The van der Waals surface area contributed by atoms with Crippen molar-refractivity contribution in [2.75, 3.05) is 13.2 Å². The molecular weight excluding hydrogens is 496 g/mol. The van der Waals surface area contributed by atoms with Crippen molar-refractivity contribution in [2.24, 2.45) is 11.8 Å². The van der Waals surface area contributed by atoms with Crippen molar-refractivity contribution in [1.29, 1.82) is 0 Å². The zero-order valence-electron chi connectivity index (χ0n) is 26.4. The number of fused-ring (bicyclic) bond motifs is 1. The summed E-state index contributed by atoms with van der Waals surface area (Å²) in [7, 11) is 0. The van der Waals surface area contributed by atoms with Crippen LogP contribution < -0.4 is 0 Å². The maximum Gasteiger partial charge on any atom is 0.305 e. The van der Waals surface area contributed by atoms with Gasteiger partial charge in [0.25, 0.3) is 0 Å². The standard InChI is InChI=1S/C36H60O4/c1-6-7-8-9-10-11-12-13-14-15-16-17-18-23-34(37)39-29-36(26-19-21-30(2)3)33-24-27-35(5,38)25-20-22-31(4)32(33)28-40-36/h19-21,25-26,32-33,38H,4,6-18,22-24,27-29H2,1-3,5H3. The van der Waals surface area contributed by atoms with Gasteiger partial charge in [-0.05, 0) is 52.5 Å². The number of unbranched alkanes of at least 4 members (excludes halogenated alkanes) is 12. The average molecular weight is 557 g/mol. The Balaban J connectivity index is 1.79. The van der Waals surface area contributed by atoms with Crippen molar-refractivity contribution in [2.45, 2.75) is 148 Å². The predicted octanol–water partition coefficient (Wildman–Crippen LogP) is 9.58. The van der Waals surface area contributed by atoms with Gasteiger partial charge in [-0.2, -0.15) is 0 Å². The summed E-state index contributed by atoms with van der Waals surface area (Å²) < 4.78 is 12.4. The molecule has 4 heteroatoms. The summed E-state index contributed by atoms with van der Waals surface area (Å²) in [4.78, 5) is 12.7. The minimum atomic E-state index is -0.863. The Kier molecular flexibility index (Phi) is 16.2. The third-order valence-corrected chi connectivity index (χ3v) is 8.74. The maximum atomic E-state index is 12.7. The van der Waals surface area contributed by atoms with E-state index in [0.29, 0.717) is 19.4 Å². The highest BCUT2D eigenvalue weighted by Crippen LogP contribution is 2.46. The molecule has 4 unspecified atom stereocenters. The number of ether oxygens (including phenoxy) is 2. The normalized spacial score (nSPS) is 26.8. The van der Waals surface area contributed by atoms with Crippen molar-refractivity contribution in [3.8, 4) is 0 Å². The Morgan fingerprint density at radius 2 is 1.65 bits per heavy atom. The fraction of sp³-hybridized carbons (Fsp3) is 0.750. The molecule has 40 heavy (non-hydrogen) atoms. The van der Waals surface area contributed by atoms with E-state index in [1.165, 1.54) is 76.2 Å². The van der Waals surface area contributed by atoms with Gasteiger partial charge in [0.05, 0.1) is 12.2 Å². The monoisotopic (exact) mass is 556 g/mol. The van der Waals surface area contributed by atoms with Crippen molar-refractivity contribution < 1.29 is 19.4 Å². The van der Waals surface area contributed by atoms with Crippen LogP contribution in [0.1, 0.15) is 137 Å². The van der Waals surface area contributed by atoms with E-state index < -0.39 is 11.2 Å². The Labute approximate surface area is 246 Å². The summed E-state index contributed by atoms with van der Waals surface area (Å²) in [5, 5.41) is 10.8. The fourth-order valence-corrected chi connectivity index (χ4v) is 6.13. The predicted molar refractivity (Wildman–Crippen MR) is 168 cm³/mol. The number of hydrogen-bond donors (Lipinski definition) is 1. The van der Waals surface area contributed by atoms with Crippen LogP contribution in [0.2, 0.25) is 0 Å². The smallest absolute Gasteiger partial charge is 0.305 e. The summed E-state index contributed by atoms with van der Waals surface area (Å²) in [6.45, 7) is 13.4. The van der Waals surface area contributed by atoms with Crippen molar-refractivity contribution in [3.05, 3.63) is 48.1 Å². The molecule has 0 amide bonds. The Morgan fingerprint density at radius 3 is 2.25 bits per heavy atom. The van der Waals surface area contributed by atoms with Gasteiger partial charge < -0.3 is 14.6 Å². The second-order valence-electron chi connectivity index (χ2n) is 12.9. The number of carbonyl (C=O) groups excluding carboxylic acids is 1. The molecule has 4 atom stereocenters. The lowest BCUT2D eigenvalue weighted by atomic mass is 9.74. The van der Waals surface area contributed by atoms with E-state index in [1.54, 1.807) is 0 Å². The topological polar surface area (TPSA) is 55.8 Å². The number of rotatable bonds is 18. The second kappa shape index (κ2) is 18.7. The first-order chi connectivity index (χ1) is 19.2. The van der Waals surface area contributed by atoms with E-state index >= 15 is 0 Å². The molecule has 2 rings (SSSR count). The van der Waals surface area contributed by atoms with Crippen LogP contribution in [0.3, 0.4) is 0 Å². The first-order valence-corrected chi connectivity index (χ1v) is 16.4. The van der Waals surface area contributed by atoms with E-state index in [-0.39, 0.29) is 24.4 Å². The molecule has 1 fully saturated rings. The Bertz CT molecular complexity index is 832. The van der Waals surface area contributed by atoms with Crippen molar-refractivity contribution in [3.63, 3.8) is 0 Å². The molecule has 1 saturated heterocycles. The van der Waals surface area contributed by atoms with Crippen LogP contribution in [0.4, 0.5) is 0 Å². The van der Waals surface area contributed by atoms with Gasteiger partial charge in [0.15, 0.2) is 0 Å². The van der Waals surface area contributed by atoms with E-state index in [1.807, 2.05) is 25.2 Å². The van der Waals surface area contributed by atoms with Gasteiger partial charge in [-0.15, -0.1) is 0 Å². The molecule has 0 aromatic carbocycles. The maximum absolute atomic E-state index is 12.7. The molecule has 0 bridgehead atoms. The molecule has 1 N–H and O–H groups in total. The van der Waals surface area contributed by atoms with Gasteiger partial charge in [0.2, 0.25) is 0 Å². The highest BCUT2D eigenvalue weighted by Gasteiger charge is 2.50. The number of allylic oxidation sites excluding steroid dienone is 4. The van der Waals surface area contributed by atoms with Gasteiger partial charge in [-0.1, -0.05) is 126 Å². The van der Waals surface area contributed by atoms with E-state index in [2.05, 4.69) is 39.5 Å². The third-order valence-electron chi connectivity index (χ3n) is 8.74. The van der Waals surface area contributed by atoms with Gasteiger partial charge in [-0.25, -0.2) is 0 Å². The zero-order chi connectivity index (χ0) is 29.3. The lowest BCUT2D eigenvalue weighted by Crippen LogP contribution is -2.41. The Hall–Kier alpha value is -1.65. The molecule has 1 aliphatic heterocycles. The van der Waals surface area contributed by atoms with Crippen molar-refractivity contribution >= 4 is 5.97 Å². The molecule has 0 saturated carbocycles. The quantitative estimate of drug-likeness (QED) is 0.0790. The summed E-state index contributed by atoms with van der Waals surface area (Å²) in [6, 6.07) is 0. The largest absolute Gasteiger partial charge is 0.462 e. The second-order valence-corrected chi connectivity index (χ2v) is 12.9. The minimum absolute atomic E-state index is 0.0947. The molecule has 2 aliphatic rings. The van der Waals surface area contributed by atoms with Gasteiger partial charge >= 0.3 is 5.97 Å². The van der Waals surface area contributed by atoms with Crippen molar-refractivity contribution in [1.82, 2.24) is 0 Å². The molecule has 228 valence electrons. The lowest BCUT2D eigenvalue weighted by molar-refractivity contribution is -0.151. The summed E-state index contributed by atoms with van der Waals surface area (Å²) in [6.07, 6.45) is 29.4. The molecule has 4 nitrogen and oxygen atoms in total. The van der Waals surface area contributed by atoms with Gasteiger partial charge in [-0.3, -0.25) is 4.79 Å². The van der Waals surface area contributed by atoms with Crippen LogP contribution in [0.5, 0.6) is 0 Å². The van der Waals surface area contributed by atoms with E-state index in [0.717, 1.165) is 31.3 Å². The highest BCUT2D eigenvalue weighted by atomic mass is 16.6. The van der Waals surface area contributed by atoms with Crippen LogP contribution in [-0.2, 0) is 14.3 Å². The molecular formula is C36H60O4. The number of esters is 1. The minimum Gasteiger partial charge on any atom is -0.462 e. The van der Waals surface area contributed by atoms with Crippen LogP contribution in [0.25, 0.3) is 0 Å². The van der Waals surface area contributed by atoms with E-state index in [9.17, 15) is 9.90 Å². The van der Waals surface area contributed by atoms with Crippen LogP contribution >= 0.6 is 0 Å². The van der Waals surface area contributed by atoms with E-state index in [4.69, 9.17) is 9.47 Å². The molecule has 0 aromatic heterocycles. The third kappa shape index (κ3) is 12.9. The summed E-state index contributed by atoms with van der Waals surface area (Å²) in [5.41, 5.74) is 0.755. The molecule has 1 aliphatic carbocycles. The SMILES string of the molecule is C=C1CC=CC(C)(O)CCC2C1COC2(C=CC=C(C)C)COC(=O)CCCCCCCCCCCCCCC. The van der Waals surface area contributed by atoms with Crippen LogP contribution in [-0.4, -0.2) is 35.5 Å². The number of hydrogen-bond acceptors (Lipinski definition) is 4. The zero-order valence-corrected chi connectivity index (χ0v) is 26.4. The number of aliphatic hydroxyl groups is 1. The molecule has 0 spiro atoms. The molecule has 1 heterocycles. The first kappa shape index (κ1) is 34.6. The van der Waals surface area contributed by atoms with Crippen LogP contribution in [0, 0.1) is 11.8 Å².